The zero-order valence-corrected chi connectivity index (χ0v) is 19.1. The maximum Gasteiger partial charge on any atom is 0.335 e. The molecule has 0 radical (unpaired) electrons. The number of fused-ring (bicyclic) bond motifs is 2. The molecule has 1 aliphatic heterocycles. The van der Waals surface area contributed by atoms with Crippen LogP contribution in [0.25, 0.3) is 11.2 Å². The summed E-state index contributed by atoms with van der Waals surface area (Å²) < 4.78 is 41.4. The molecule has 2 aliphatic rings. The fourth-order valence-corrected chi connectivity index (χ4v) is 5.09. The number of nitrogens with zero attached hydrogens (tertiary/aromatic N) is 4. The average molecular weight is 489 g/mol. The van der Waals surface area contributed by atoms with E-state index in [1.165, 1.54) is 35.3 Å². The molecular formula is C21H24N6O6S. The number of hydrogen-bond donors (Lipinski definition) is 2. The number of anilines is 1. The lowest BCUT2D eigenvalue weighted by molar-refractivity contribution is -0.153. The van der Waals surface area contributed by atoms with Crippen molar-refractivity contribution in [3.63, 3.8) is 0 Å². The van der Waals surface area contributed by atoms with Crippen molar-refractivity contribution in [2.75, 3.05) is 11.9 Å². The second-order valence-electron chi connectivity index (χ2n) is 8.23. The molecule has 180 valence electrons. The van der Waals surface area contributed by atoms with Crippen LogP contribution in [0.2, 0.25) is 0 Å². The van der Waals surface area contributed by atoms with Gasteiger partial charge in [0.05, 0.1) is 19.0 Å². The van der Waals surface area contributed by atoms with Gasteiger partial charge in [-0.2, -0.15) is 8.42 Å². The lowest BCUT2D eigenvalue weighted by atomic mass is 10.1. The Morgan fingerprint density at radius 1 is 1.26 bits per heavy atom. The minimum absolute atomic E-state index is 0.0578. The highest BCUT2D eigenvalue weighted by Gasteiger charge is 2.42. The number of aromatic nitrogens is 4. The highest BCUT2D eigenvalue weighted by atomic mass is 32.2. The summed E-state index contributed by atoms with van der Waals surface area (Å²) in [5.41, 5.74) is 3.23. The summed E-state index contributed by atoms with van der Waals surface area (Å²) in [7, 11) is -4.40. The van der Waals surface area contributed by atoms with Crippen LogP contribution in [0, 0.1) is 0 Å². The van der Waals surface area contributed by atoms with E-state index in [4.69, 9.17) is 18.8 Å². The average Bonchev–Trinajstić information content (AvgIpc) is 3.50. The van der Waals surface area contributed by atoms with Gasteiger partial charge in [0.15, 0.2) is 23.2 Å². The van der Waals surface area contributed by atoms with Crippen molar-refractivity contribution in [1.29, 1.82) is 0 Å². The summed E-state index contributed by atoms with van der Waals surface area (Å²) in [6.45, 7) is 1.52. The Kier molecular flexibility index (Phi) is 5.93. The summed E-state index contributed by atoms with van der Waals surface area (Å²) in [5, 5.41) is 8.63. The van der Waals surface area contributed by atoms with E-state index in [1.54, 1.807) is 0 Å². The molecule has 1 unspecified atom stereocenters. The number of hydrogen-bond acceptors (Lipinski definition) is 10. The van der Waals surface area contributed by atoms with Gasteiger partial charge in [0.2, 0.25) is 0 Å². The molecule has 0 spiro atoms. The Morgan fingerprint density at radius 3 is 2.88 bits per heavy atom. The fraction of sp³-hybridized carbons (Fsp3) is 0.429. The van der Waals surface area contributed by atoms with Gasteiger partial charge in [-0.1, -0.05) is 24.3 Å². The molecule has 1 fully saturated rings. The number of imidazole rings is 1. The minimum atomic E-state index is -4.40. The van der Waals surface area contributed by atoms with Crippen LogP contribution in [0.3, 0.4) is 0 Å². The molecule has 0 saturated carbocycles. The quantitative estimate of drug-likeness (QED) is 0.465. The molecular weight excluding hydrogens is 464 g/mol. The van der Waals surface area contributed by atoms with Gasteiger partial charge in [0.25, 0.3) is 0 Å². The summed E-state index contributed by atoms with van der Waals surface area (Å²) in [6, 6.07) is 8.27. The standard InChI is InChI=1S/C21H24N6O6S/c1-12(28)32-16-8-9-31-18(16)21(33-34(22,29)30)27-11-25-17-19(23-10-24-20(17)27)26-15-7-6-13-4-2-3-5-14(13)15/h2-5,10-11,15-16,18,21H,6-9H2,1H3,(H2,22,29,30)(H,23,24,26)/t15?,16-,18+,21-/m0/s1. The van der Waals surface area contributed by atoms with Gasteiger partial charge in [-0.25, -0.2) is 24.3 Å². The lowest BCUT2D eigenvalue weighted by Crippen LogP contribution is -2.38. The van der Waals surface area contributed by atoms with E-state index in [0.717, 1.165) is 12.8 Å². The van der Waals surface area contributed by atoms with Crippen molar-refractivity contribution < 1.29 is 26.9 Å². The normalized spacial score (nSPS) is 23.1. The van der Waals surface area contributed by atoms with E-state index < -0.39 is 34.7 Å². The van der Waals surface area contributed by atoms with E-state index in [-0.39, 0.29) is 12.6 Å². The molecule has 4 atom stereocenters. The van der Waals surface area contributed by atoms with Crippen LogP contribution in [-0.2, 0) is 35.2 Å². The Balaban J connectivity index is 1.50. The van der Waals surface area contributed by atoms with Crippen molar-refractivity contribution in [3.8, 4) is 0 Å². The van der Waals surface area contributed by atoms with Gasteiger partial charge in [-0.3, -0.25) is 9.36 Å². The van der Waals surface area contributed by atoms with Gasteiger partial charge in [-0.15, -0.1) is 0 Å². The highest BCUT2D eigenvalue weighted by molar-refractivity contribution is 7.84. The van der Waals surface area contributed by atoms with Crippen LogP contribution < -0.4 is 10.5 Å². The van der Waals surface area contributed by atoms with Crippen LogP contribution in [0.4, 0.5) is 5.82 Å². The number of esters is 1. The first kappa shape index (κ1) is 22.7. The van der Waals surface area contributed by atoms with Crippen molar-refractivity contribution in [3.05, 3.63) is 48.0 Å². The van der Waals surface area contributed by atoms with Crippen LogP contribution in [-0.4, -0.2) is 52.7 Å². The Hall–Kier alpha value is -3.13. The topological polar surface area (TPSA) is 161 Å². The molecule has 3 aromatic rings. The molecule has 3 heterocycles. The van der Waals surface area contributed by atoms with Gasteiger partial charge in [0.1, 0.15) is 18.5 Å². The lowest BCUT2D eigenvalue weighted by Gasteiger charge is -2.27. The first-order valence-electron chi connectivity index (χ1n) is 10.8. The van der Waals surface area contributed by atoms with E-state index in [0.29, 0.717) is 23.4 Å². The van der Waals surface area contributed by atoms with Gasteiger partial charge in [-0.05, 0) is 24.0 Å². The van der Waals surface area contributed by atoms with Crippen molar-refractivity contribution >= 4 is 33.3 Å². The van der Waals surface area contributed by atoms with Gasteiger partial charge < -0.3 is 14.8 Å². The summed E-state index contributed by atoms with van der Waals surface area (Å²) >= 11 is 0. The third kappa shape index (κ3) is 4.46. The second kappa shape index (κ2) is 8.91. The highest BCUT2D eigenvalue weighted by Crippen LogP contribution is 2.36. The molecule has 0 amide bonds. The Bertz CT molecular complexity index is 1330. The van der Waals surface area contributed by atoms with E-state index in [2.05, 4.69) is 32.4 Å². The number of aryl methyl sites for hydroxylation is 1. The number of ether oxygens (including phenoxy) is 2. The molecule has 1 aromatic carbocycles. The molecule has 12 nitrogen and oxygen atoms in total. The van der Waals surface area contributed by atoms with Crippen LogP contribution in [0.15, 0.2) is 36.9 Å². The molecule has 34 heavy (non-hydrogen) atoms. The SMILES string of the molecule is CC(=O)O[C@H]1CCO[C@H]1[C@H](OS(N)(=O)=O)n1cnc2c(NC3CCc4ccccc43)ncnc21. The number of nitrogens with two attached hydrogens (primary N) is 1. The largest absolute Gasteiger partial charge is 0.460 e. The maximum absolute atomic E-state index is 11.9. The smallest absolute Gasteiger partial charge is 0.335 e. The number of carbonyl (C=O) groups excluding carboxylic acids is 1. The zero-order valence-electron chi connectivity index (χ0n) is 18.3. The van der Waals surface area contributed by atoms with Crippen LogP contribution >= 0.6 is 0 Å². The monoisotopic (exact) mass is 488 g/mol. The molecule has 1 aliphatic carbocycles. The summed E-state index contributed by atoms with van der Waals surface area (Å²) in [6.07, 6.45) is 2.03. The molecule has 2 aromatic heterocycles. The predicted molar refractivity (Wildman–Crippen MR) is 120 cm³/mol. The summed E-state index contributed by atoms with van der Waals surface area (Å²) in [4.78, 5) is 24.6. The molecule has 3 N–H and O–H groups in total. The Morgan fingerprint density at radius 2 is 2.09 bits per heavy atom. The number of benzene rings is 1. The number of carbonyl (C=O) groups is 1. The number of rotatable bonds is 7. The third-order valence-corrected chi connectivity index (χ3v) is 6.45. The first-order chi connectivity index (χ1) is 16.3. The molecule has 5 rings (SSSR count). The first-order valence-corrected chi connectivity index (χ1v) is 12.3. The zero-order chi connectivity index (χ0) is 23.9. The van der Waals surface area contributed by atoms with E-state index >= 15 is 0 Å². The van der Waals surface area contributed by atoms with Crippen molar-refractivity contribution in [1.82, 2.24) is 19.5 Å². The maximum atomic E-state index is 11.9. The Labute approximate surface area is 195 Å². The molecule has 1 saturated heterocycles. The molecule has 13 heteroatoms. The van der Waals surface area contributed by atoms with Gasteiger partial charge in [0, 0.05) is 13.3 Å². The van der Waals surface area contributed by atoms with Crippen LogP contribution in [0.1, 0.15) is 43.2 Å². The third-order valence-electron chi connectivity index (χ3n) is 5.99. The van der Waals surface area contributed by atoms with E-state index in [9.17, 15) is 13.2 Å². The fourth-order valence-electron chi connectivity index (χ4n) is 4.61. The summed E-state index contributed by atoms with van der Waals surface area (Å²) in [5.74, 6) is -0.0142. The van der Waals surface area contributed by atoms with Crippen molar-refractivity contribution in [2.24, 2.45) is 5.14 Å². The minimum Gasteiger partial charge on any atom is -0.460 e. The molecule has 0 bridgehead atoms. The second-order valence-corrected chi connectivity index (χ2v) is 9.41. The van der Waals surface area contributed by atoms with Crippen molar-refractivity contribution in [2.45, 2.75) is 50.7 Å². The predicted octanol–water partition coefficient (Wildman–Crippen LogP) is 1.37. The number of nitrogens with one attached hydrogen (secondary N) is 1. The van der Waals surface area contributed by atoms with Crippen LogP contribution in [0.5, 0.6) is 0 Å². The van der Waals surface area contributed by atoms with Gasteiger partial charge >= 0.3 is 16.3 Å². The van der Waals surface area contributed by atoms with E-state index in [1.807, 2.05) is 12.1 Å².